The smallest absolute Gasteiger partial charge is 0.341 e. The average molecular weight is 294 g/mol. The molecule has 6 heteroatoms. The molecule has 0 radical (unpaired) electrons. The van der Waals surface area contributed by atoms with Gasteiger partial charge in [-0.1, -0.05) is 20.8 Å². The summed E-state index contributed by atoms with van der Waals surface area (Å²) in [5.41, 5.74) is -0.0619. The molecule has 0 spiro atoms. The van der Waals surface area contributed by atoms with Gasteiger partial charge in [-0.3, -0.25) is 4.79 Å². The van der Waals surface area contributed by atoms with Crippen LogP contribution in [0.3, 0.4) is 0 Å². The van der Waals surface area contributed by atoms with Gasteiger partial charge in [0.25, 0.3) is 0 Å². The van der Waals surface area contributed by atoms with Gasteiger partial charge in [0.2, 0.25) is 5.91 Å². The van der Waals surface area contributed by atoms with E-state index in [0.717, 1.165) is 0 Å². The van der Waals surface area contributed by atoms with Crippen LogP contribution in [-0.4, -0.2) is 42.7 Å². The highest BCUT2D eigenvalue weighted by molar-refractivity contribution is 5.82. The molecule has 1 aliphatic heterocycles. The predicted molar refractivity (Wildman–Crippen MR) is 72.3 cm³/mol. The lowest BCUT2D eigenvalue weighted by Gasteiger charge is -2.39. The van der Waals surface area contributed by atoms with Crippen LogP contribution in [0.5, 0.6) is 0 Å². The molecule has 1 heterocycles. The third-order valence-electron chi connectivity index (χ3n) is 4.36. The van der Waals surface area contributed by atoms with Gasteiger partial charge in [-0.05, 0) is 25.2 Å². The van der Waals surface area contributed by atoms with Crippen molar-refractivity contribution in [3.63, 3.8) is 0 Å². The summed E-state index contributed by atoms with van der Waals surface area (Å²) in [4.78, 5) is 14.0. The molecule has 0 aromatic heterocycles. The minimum Gasteiger partial charge on any atom is -0.341 e. The summed E-state index contributed by atoms with van der Waals surface area (Å²) in [6.07, 6.45) is -3.92. The Balaban J connectivity index is 2.59. The van der Waals surface area contributed by atoms with Crippen molar-refractivity contribution in [3.8, 4) is 0 Å². The number of carbonyl (C=O) groups is 1. The van der Waals surface area contributed by atoms with Crippen LogP contribution < -0.4 is 5.32 Å². The number of alkyl halides is 3. The number of hydrogen-bond donors (Lipinski definition) is 1. The number of rotatable bonds is 2. The summed E-state index contributed by atoms with van der Waals surface area (Å²) in [6.45, 7) is 7.90. The molecule has 1 N–H and O–H groups in total. The van der Waals surface area contributed by atoms with Crippen molar-refractivity contribution < 1.29 is 18.0 Å². The summed E-state index contributed by atoms with van der Waals surface area (Å²) in [7, 11) is 1.72. The Bertz CT molecular complexity index is 341. The molecule has 0 aliphatic carbocycles. The molecule has 20 heavy (non-hydrogen) atoms. The molecule has 3 atom stereocenters. The van der Waals surface area contributed by atoms with Crippen molar-refractivity contribution >= 4 is 5.91 Å². The number of likely N-dealkylation sites (N-methyl/N-ethyl adjacent to an activating group) is 1. The largest absolute Gasteiger partial charge is 0.393 e. The topological polar surface area (TPSA) is 32.3 Å². The first-order chi connectivity index (χ1) is 8.94. The van der Waals surface area contributed by atoms with E-state index in [1.807, 2.05) is 27.7 Å². The van der Waals surface area contributed by atoms with Gasteiger partial charge in [0.1, 0.15) is 0 Å². The molecule has 1 aliphatic rings. The zero-order valence-electron chi connectivity index (χ0n) is 12.8. The number of hydrogen-bond acceptors (Lipinski definition) is 2. The van der Waals surface area contributed by atoms with Gasteiger partial charge in [-0.25, -0.2) is 0 Å². The van der Waals surface area contributed by atoms with Crippen molar-refractivity contribution in [1.82, 2.24) is 10.2 Å². The molecule has 1 fully saturated rings. The average Bonchev–Trinajstić information content (AvgIpc) is 2.34. The molecule has 118 valence electrons. The maximum Gasteiger partial charge on any atom is 0.393 e. The van der Waals surface area contributed by atoms with Gasteiger partial charge >= 0.3 is 6.18 Å². The van der Waals surface area contributed by atoms with Crippen LogP contribution >= 0.6 is 0 Å². The van der Waals surface area contributed by atoms with E-state index in [1.54, 1.807) is 11.9 Å². The van der Waals surface area contributed by atoms with E-state index in [2.05, 4.69) is 5.32 Å². The predicted octanol–water partition coefficient (Wildman–Crippen LogP) is 2.81. The number of amides is 1. The van der Waals surface area contributed by atoms with Gasteiger partial charge < -0.3 is 10.2 Å². The van der Waals surface area contributed by atoms with E-state index in [1.165, 1.54) is 0 Å². The Morgan fingerprint density at radius 2 is 1.80 bits per heavy atom. The first-order valence-corrected chi connectivity index (χ1v) is 7.01. The molecule has 0 aromatic rings. The van der Waals surface area contributed by atoms with Gasteiger partial charge in [-0.2, -0.15) is 13.2 Å². The molecule has 3 unspecified atom stereocenters. The zero-order valence-corrected chi connectivity index (χ0v) is 12.8. The monoisotopic (exact) mass is 294 g/mol. The van der Waals surface area contributed by atoms with Crippen molar-refractivity contribution in [2.45, 2.75) is 58.8 Å². The molecule has 1 saturated heterocycles. The molecule has 1 rings (SSSR count). The highest BCUT2D eigenvalue weighted by atomic mass is 19.4. The number of nitrogens with zero attached hydrogens (tertiary/aromatic N) is 1. The third-order valence-corrected chi connectivity index (χ3v) is 4.36. The van der Waals surface area contributed by atoms with Gasteiger partial charge in [-0.15, -0.1) is 0 Å². The SMILES string of the molecule is CC(N(C)C(=O)C1CCC(C(F)(F)F)CN1)C(C)(C)C. The lowest BCUT2D eigenvalue weighted by Crippen LogP contribution is -2.54. The molecule has 0 bridgehead atoms. The van der Waals surface area contributed by atoms with Crippen LogP contribution in [0, 0.1) is 11.3 Å². The number of carbonyl (C=O) groups excluding carboxylic acids is 1. The fourth-order valence-corrected chi connectivity index (χ4v) is 2.36. The standard InChI is InChI=1S/C14H25F3N2O/c1-9(13(2,3)4)19(5)12(20)11-7-6-10(8-18-11)14(15,16)17/h9-11,18H,6-8H2,1-5H3. The van der Waals surface area contributed by atoms with Crippen molar-refractivity contribution in [1.29, 1.82) is 0 Å². The normalized spacial score (nSPS) is 26.2. The first kappa shape index (κ1) is 17.3. The molecular formula is C14H25F3N2O. The van der Waals surface area contributed by atoms with Crippen LogP contribution in [0.15, 0.2) is 0 Å². The van der Waals surface area contributed by atoms with E-state index >= 15 is 0 Å². The highest BCUT2D eigenvalue weighted by Gasteiger charge is 2.43. The molecular weight excluding hydrogens is 269 g/mol. The lowest BCUT2D eigenvalue weighted by molar-refractivity contribution is -0.181. The van der Waals surface area contributed by atoms with E-state index in [9.17, 15) is 18.0 Å². The van der Waals surface area contributed by atoms with E-state index < -0.39 is 18.1 Å². The lowest BCUT2D eigenvalue weighted by atomic mass is 9.86. The quantitative estimate of drug-likeness (QED) is 0.849. The fraction of sp³-hybridized carbons (Fsp3) is 0.929. The third kappa shape index (κ3) is 4.11. The van der Waals surface area contributed by atoms with Gasteiger partial charge in [0.05, 0.1) is 12.0 Å². The van der Waals surface area contributed by atoms with Gasteiger partial charge in [0, 0.05) is 19.6 Å². The van der Waals surface area contributed by atoms with Crippen LogP contribution in [-0.2, 0) is 4.79 Å². The molecule has 1 amide bonds. The zero-order chi connectivity index (χ0) is 15.7. The van der Waals surface area contributed by atoms with Gasteiger partial charge in [0.15, 0.2) is 0 Å². The molecule has 0 aromatic carbocycles. The summed E-state index contributed by atoms with van der Waals surface area (Å²) in [5, 5.41) is 2.75. The van der Waals surface area contributed by atoms with E-state index in [0.29, 0.717) is 0 Å². The molecule has 0 saturated carbocycles. The second kappa shape index (κ2) is 5.92. The summed E-state index contributed by atoms with van der Waals surface area (Å²) in [5.74, 6) is -1.45. The Kier molecular flexibility index (Phi) is 5.11. The maximum atomic E-state index is 12.6. The minimum atomic E-state index is -4.17. The second-order valence-corrected chi connectivity index (χ2v) is 6.77. The van der Waals surface area contributed by atoms with Crippen LogP contribution in [0.4, 0.5) is 13.2 Å². The summed E-state index contributed by atoms with van der Waals surface area (Å²) < 4.78 is 37.7. The Hall–Kier alpha value is -0.780. The molecule has 3 nitrogen and oxygen atoms in total. The van der Waals surface area contributed by atoms with E-state index in [4.69, 9.17) is 0 Å². The van der Waals surface area contributed by atoms with Crippen LogP contribution in [0.25, 0.3) is 0 Å². The summed E-state index contributed by atoms with van der Waals surface area (Å²) >= 11 is 0. The Morgan fingerprint density at radius 1 is 1.25 bits per heavy atom. The number of halogens is 3. The number of piperidine rings is 1. The highest BCUT2D eigenvalue weighted by Crippen LogP contribution is 2.32. The maximum absolute atomic E-state index is 12.6. The fourth-order valence-electron chi connectivity index (χ4n) is 2.36. The van der Waals surface area contributed by atoms with E-state index in [-0.39, 0.29) is 36.8 Å². The minimum absolute atomic E-state index is 0.0185. The van der Waals surface area contributed by atoms with Crippen LogP contribution in [0.2, 0.25) is 0 Å². The Labute approximate surface area is 118 Å². The number of nitrogens with one attached hydrogen (secondary N) is 1. The van der Waals surface area contributed by atoms with Crippen molar-refractivity contribution in [3.05, 3.63) is 0 Å². The van der Waals surface area contributed by atoms with Crippen molar-refractivity contribution in [2.75, 3.05) is 13.6 Å². The Morgan fingerprint density at radius 3 is 2.15 bits per heavy atom. The first-order valence-electron chi connectivity index (χ1n) is 7.01. The second-order valence-electron chi connectivity index (χ2n) is 6.77. The van der Waals surface area contributed by atoms with Crippen LogP contribution in [0.1, 0.15) is 40.5 Å². The summed E-state index contributed by atoms with van der Waals surface area (Å²) in [6, 6.07) is -0.472. The van der Waals surface area contributed by atoms with Crippen molar-refractivity contribution in [2.24, 2.45) is 11.3 Å².